The number of ether oxygens (including phenoxy) is 2. The van der Waals surface area contributed by atoms with Crippen molar-refractivity contribution in [1.82, 2.24) is 0 Å². The molecule has 0 aliphatic rings. The predicted molar refractivity (Wildman–Crippen MR) is 144 cm³/mol. The Labute approximate surface area is 231 Å². The van der Waals surface area contributed by atoms with Crippen molar-refractivity contribution in [2.24, 2.45) is 0 Å². The summed E-state index contributed by atoms with van der Waals surface area (Å²) in [4.78, 5) is 23.2. The minimum atomic E-state index is -3.43. The Hall–Kier alpha value is -1.88. The van der Waals surface area contributed by atoms with Crippen molar-refractivity contribution < 1.29 is 36.3 Å². The molecule has 2 aromatic rings. The van der Waals surface area contributed by atoms with Gasteiger partial charge in [0.05, 0.1) is 42.0 Å². The summed E-state index contributed by atoms with van der Waals surface area (Å²) in [5.74, 6) is -1.18. The Morgan fingerprint density at radius 1 is 0.838 bits per heavy atom. The van der Waals surface area contributed by atoms with Gasteiger partial charge >= 0.3 is 11.9 Å². The molecule has 12 heteroatoms. The molecule has 0 saturated heterocycles. The maximum absolute atomic E-state index is 13.6. The van der Waals surface area contributed by atoms with Crippen molar-refractivity contribution in [2.75, 3.05) is 30.1 Å². The Kier molecular flexibility index (Phi) is 18.3. The highest BCUT2D eigenvalue weighted by Crippen LogP contribution is 2.21. The number of sulfone groups is 1. The van der Waals surface area contributed by atoms with Crippen LogP contribution < -0.4 is 0 Å². The van der Waals surface area contributed by atoms with Gasteiger partial charge in [0, 0.05) is 4.90 Å². The average Bonchev–Trinajstić information content (AvgIpc) is 2.83. The Morgan fingerprint density at radius 3 is 1.68 bits per heavy atom. The molecular weight excluding hydrogens is 569 g/mol. The molecule has 208 valence electrons. The monoisotopic (exact) mass is 600 g/mol. The number of hydrogen-bond donors (Lipinski definition) is 0. The summed E-state index contributed by atoms with van der Waals surface area (Å²) >= 11 is 11.1. The van der Waals surface area contributed by atoms with Crippen LogP contribution in [0.15, 0.2) is 46.2 Å². The molecular formula is C25H32Cl2F2O6S2. The zero-order valence-electron chi connectivity index (χ0n) is 21.2. The van der Waals surface area contributed by atoms with Crippen molar-refractivity contribution in [1.29, 1.82) is 0 Å². The van der Waals surface area contributed by atoms with Crippen LogP contribution in [0.3, 0.4) is 0 Å². The Bertz CT molecular complexity index is 1100. The summed E-state index contributed by atoms with van der Waals surface area (Å²) in [6.07, 6.45) is -0.205. The number of carbonyl (C=O) groups is 2. The van der Waals surface area contributed by atoms with Crippen molar-refractivity contribution in [2.45, 2.75) is 50.3 Å². The van der Waals surface area contributed by atoms with E-state index in [1.807, 2.05) is 13.0 Å². The van der Waals surface area contributed by atoms with Gasteiger partial charge in [0.1, 0.15) is 11.6 Å². The smallest absolute Gasteiger partial charge is 0.310 e. The first-order chi connectivity index (χ1) is 17.5. The van der Waals surface area contributed by atoms with Crippen molar-refractivity contribution >= 4 is 56.7 Å². The molecule has 0 aliphatic heterocycles. The summed E-state index contributed by atoms with van der Waals surface area (Å²) in [6, 6.07) is 8.47. The van der Waals surface area contributed by atoms with Crippen LogP contribution in [-0.2, 0) is 41.7 Å². The summed E-state index contributed by atoms with van der Waals surface area (Å²) in [7, 11) is -3.43. The molecule has 0 saturated carbocycles. The van der Waals surface area contributed by atoms with Crippen LogP contribution in [0.25, 0.3) is 0 Å². The van der Waals surface area contributed by atoms with Gasteiger partial charge in [0.25, 0.3) is 0 Å². The molecule has 37 heavy (non-hydrogen) atoms. The van der Waals surface area contributed by atoms with Crippen LogP contribution >= 0.6 is 35.0 Å². The number of thioether (sulfide) groups is 1. The van der Waals surface area contributed by atoms with Crippen LogP contribution in [0.4, 0.5) is 8.78 Å². The standard InChI is InChI=1S/C12H15FO4S.C12H15FO2S.CH2Cl2/c1-3-17-12(14)7-9-5-6-10(8-11(9)13)18(15,16)4-2;1-3-15-12(14)7-9-5-6-10(16-4-2)8-11(9)13;2-1-3/h5-6,8H,3-4,7H2,1-2H3;5-6,8H,3-4,7H2,1-2H3;1H2. The Balaban J connectivity index is 0.000000637. The molecule has 2 rings (SSSR count). The predicted octanol–water partition coefficient (Wildman–Crippen LogP) is 6.19. The molecule has 0 atom stereocenters. The number of carbonyl (C=O) groups excluding carboxylic acids is 2. The van der Waals surface area contributed by atoms with Crippen LogP contribution in [0, 0.1) is 11.6 Å². The maximum Gasteiger partial charge on any atom is 0.310 e. The minimum Gasteiger partial charge on any atom is -0.466 e. The van der Waals surface area contributed by atoms with E-state index in [1.54, 1.807) is 31.7 Å². The van der Waals surface area contributed by atoms with E-state index in [0.29, 0.717) is 12.2 Å². The molecule has 0 aliphatic carbocycles. The van der Waals surface area contributed by atoms with Gasteiger partial charge in [-0.25, -0.2) is 17.2 Å². The number of benzene rings is 2. The highest BCUT2D eigenvalue weighted by molar-refractivity contribution is 7.99. The van der Waals surface area contributed by atoms with E-state index in [9.17, 15) is 26.8 Å². The van der Waals surface area contributed by atoms with Gasteiger partial charge in [-0.15, -0.1) is 35.0 Å². The third-order valence-corrected chi connectivity index (χ3v) is 6.99. The van der Waals surface area contributed by atoms with Gasteiger partial charge in [0.2, 0.25) is 0 Å². The molecule has 0 aromatic heterocycles. The second-order valence-corrected chi connectivity index (χ2v) is 11.3. The average molecular weight is 602 g/mol. The highest BCUT2D eigenvalue weighted by Gasteiger charge is 2.16. The fourth-order valence-corrected chi connectivity index (χ4v) is 4.27. The molecule has 0 amide bonds. The van der Waals surface area contributed by atoms with Gasteiger partial charge in [-0.05, 0) is 55.0 Å². The lowest BCUT2D eigenvalue weighted by Gasteiger charge is -2.06. The zero-order chi connectivity index (χ0) is 28.4. The largest absolute Gasteiger partial charge is 0.466 e. The fraction of sp³-hybridized carbons (Fsp3) is 0.440. The van der Waals surface area contributed by atoms with Gasteiger partial charge < -0.3 is 9.47 Å². The summed E-state index contributed by atoms with van der Waals surface area (Å²) < 4.78 is 59.7. The van der Waals surface area contributed by atoms with Gasteiger partial charge in [-0.2, -0.15) is 0 Å². The van der Waals surface area contributed by atoms with Crippen molar-refractivity contribution in [3.05, 3.63) is 59.2 Å². The number of alkyl halides is 2. The summed E-state index contributed by atoms with van der Waals surface area (Å²) in [5, 5.41) is 0.194. The normalized spacial score (nSPS) is 10.4. The molecule has 0 spiro atoms. The lowest BCUT2D eigenvalue weighted by Crippen LogP contribution is -2.10. The van der Waals surface area contributed by atoms with Crippen molar-refractivity contribution in [3.8, 4) is 0 Å². The molecule has 0 unspecified atom stereocenters. The minimum absolute atomic E-state index is 0.00323. The molecule has 6 nitrogen and oxygen atoms in total. The number of esters is 2. The van der Waals surface area contributed by atoms with E-state index in [4.69, 9.17) is 32.7 Å². The second-order valence-electron chi connectivity index (χ2n) is 6.91. The van der Waals surface area contributed by atoms with E-state index in [-0.39, 0.29) is 46.8 Å². The number of halogens is 4. The zero-order valence-corrected chi connectivity index (χ0v) is 24.3. The first kappa shape index (κ1) is 35.1. The lowest BCUT2D eigenvalue weighted by molar-refractivity contribution is -0.143. The SMILES string of the molecule is CCOC(=O)Cc1ccc(S(=O)(=O)CC)cc1F.CCOC(=O)Cc1ccc(SCC)cc1F.ClCCl. The fourth-order valence-electron chi connectivity index (χ4n) is 2.69. The molecule has 0 fully saturated rings. The van der Waals surface area contributed by atoms with Crippen LogP contribution in [0.5, 0.6) is 0 Å². The van der Waals surface area contributed by atoms with Crippen LogP contribution in [0.1, 0.15) is 38.8 Å². The van der Waals surface area contributed by atoms with Gasteiger partial charge in [-0.1, -0.05) is 26.0 Å². The second kappa shape index (κ2) is 19.2. The van der Waals surface area contributed by atoms with E-state index >= 15 is 0 Å². The third-order valence-electron chi connectivity index (χ3n) is 4.38. The van der Waals surface area contributed by atoms with E-state index in [2.05, 4.69) is 0 Å². The lowest BCUT2D eigenvalue weighted by atomic mass is 10.1. The van der Waals surface area contributed by atoms with E-state index < -0.39 is 27.6 Å². The van der Waals surface area contributed by atoms with E-state index in [0.717, 1.165) is 16.7 Å². The maximum atomic E-state index is 13.6. The first-order valence-corrected chi connectivity index (χ1v) is 15.1. The Morgan fingerprint density at radius 2 is 1.30 bits per heavy atom. The summed E-state index contributed by atoms with van der Waals surface area (Å²) in [6.45, 7) is 7.43. The molecule has 0 bridgehead atoms. The van der Waals surface area contributed by atoms with Crippen LogP contribution in [-0.4, -0.2) is 50.4 Å². The first-order valence-electron chi connectivity index (χ1n) is 11.3. The van der Waals surface area contributed by atoms with Crippen molar-refractivity contribution in [3.63, 3.8) is 0 Å². The molecule has 0 radical (unpaired) electrons. The summed E-state index contributed by atoms with van der Waals surface area (Å²) in [5.41, 5.74) is 0.516. The third kappa shape index (κ3) is 14.0. The topological polar surface area (TPSA) is 86.7 Å². The van der Waals surface area contributed by atoms with Gasteiger partial charge in [-0.3, -0.25) is 9.59 Å². The van der Waals surface area contributed by atoms with Gasteiger partial charge in [0.15, 0.2) is 9.84 Å². The molecule has 2 aromatic carbocycles. The number of hydrogen-bond acceptors (Lipinski definition) is 7. The number of rotatable bonds is 10. The highest BCUT2D eigenvalue weighted by atomic mass is 35.5. The van der Waals surface area contributed by atoms with Crippen LogP contribution in [0.2, 0.25) is 0 Å². The molecule has 0 N–H and O–H groups in total. The molecule has 0 heterocycles. The van der Waals surface area contributed by atoms with E-state index in [1.165, 1.54) is 25.1 Å². The quantitative estimate of drug-likeness (QED) is 0.182.